The quantitative estimate of drug-likeness (QED) is 0.156. The average molecular weight is 545 g/mol. The lowest BCUT2D eigenvalue weighted by Crippen LogP contribution is -2.13. The lowest BCUT2D eigenvalue weighted by Gasteiger charge is -2.13. The smallest absolute Gasteiger partial charge is 0.338 e. The first kappa shape index (κ1) is 24.4. The fraction of sp³-hybridized carbons (Fsp3) is 0.107. The molecule has 5 aromatic rings. The van der Waals surface area contributed by atoms with Gasteiger partial charge in [-0.2, -0.15) is 0 Å². The Bertz CT molecular complexity index is 1910. The van der Waals surface area contributed by atoms with Crippen molar-refractivity contribution in [3.05, 3.63) is 94.5 Å². The van der Waals surface area contributed by atoms with Crippen LogP contribution in [0.15, 0.2) is 83.8 Å². The second-order valence-electron chi connectivity index (χ2n) is 8.71. The topological polar surface area (TPSA) is 127 Å². The van der Waals surface area contributed by atoms with Crippen LogP contribution in [-0.4, -0.2) is 36.7 Å². The summed E-state index contributed by atoms with van der Waals surface area (Å²) < 4.78 is 45.2. The summed E-state index contributed by atoms with van der Waals surface area (Å²) in [5.74, 6) is -0.239. The predicted molar refractivity (Wildman–Crippen MR) is 143 cm³/mol. The van der Waals surface area contributed by atoms with Gasteiger partial charge in [-0.1, -0.05) is 36.4 Å². The summed E-state index contributed by atoms with van der Waals surface area (Å²) in [6, 6.07) is 20.5. The van der Waals surface area contributed by atoms with E-state index in [-0.39, 0.29) is 57.7 Å². The first-order valence-electron chi connectivity index (χ1n) is 11.9. The number of rotatable bonds is 6. The van der Waals surface area contributed by atoms with Gasteiger partial charge in [-0.05, 0) is 43.3 Å². The minimum Gasteiger partial charge on any atom is -0.462 e. The number of hydrogen-bond donors (Lipinski definition) is 0. The van der Waals surface area contributed by atoms with Crippen LogP contribution in [0.2, 0.25) is 0 Å². The maximum atomic E-state index is 13.9. The number of aromatic nitrogens is 1. The second kappa shape index (κ2) is 9.14. The Morgan fingerprint density at radius 3 is 2.33 bits per heavy atom. The Kier molecular flexibility index (Phi) is 5.72. The molecule has 0 unspecified atom stereocenters. The fourth-order valence-corrected chi connectivity index (χ4v) is 6.38. The highest BCUT2D eigenvalue weighted by Gasteiger charge is 2.30. The molecular formula is C28H20N2O8S. The number of carbonyl (C=O) groups is 1. The molecule has 39 heavy (non-hydrogen) atoms. The highest BCUT2D eigenvalue weighted by molar-refractivity contribution is 7.90. The van der Waals surface area contributed by atoms with E-state index in [0.29, 0.717) is 16.3 Å². The maximum Gasteiger partial charge on any atom is 0.338 e. The molecule has 6 rings (SSSR count). The lowest BCUT2D eigenvalue weighted by atomic mass is 9.95. The Hall–Kier alpha value is -4.90. The summed E-state index contributed by atoms with van der Waals surface area (Å²) in [5.41, 5.74) is 0.531. The molecule has 0 N–H and O–H groups in total. The van der Waals surface area contributed by atoms with Crippen molar-refractivity contribution in [1.29, 1.82) is 0 Å². The maximum absolute atomic E-state index is 13.9. The largest absolute Gasteiger partial charge is 0.462 e. The molecule has 0 bridgehead atoms. The molecule has 0 saturated heterocycles. The number of carbonyl (C=O) groups excluding carboxylic acids is 1. The van der Waals surface area contributed by atoms with Crippen LogP contribution < -0.4 is 9.47 Å². The van der Waals surface area contributed by atoms with Gasteiger partial charge in [-0.15, -0.1) is 0 Å². The van der Waals surface area contributed by atoms with Crippen LogP contribution in [0.5, 0.6) is 11.5 Å². The monoisotopic (exact) mass is 544 g/mol. The van der Waals surface area contributed by atoms with Crippen LogP contribution in [-0.2, 0) is 14.8 Å². The van der Waals surface area contributed by atoms with Crippen LogP contribution in [0, 0.1) is 10.1 Å². The van der Waals surface area contributed by atoms with Crippen molar-refractivity contribution in [1.82, 2.24) is 3.97 Å². The summed E-state index contributed by atoms with van der Waals surface area (Å²) in [7, 11) is -4.11. The molecule has 0 atom stereocenters. The van der Waals surface area contributed by atoms with Gasteiger partial charge in [-0.3, -0.25) is 10.1 Å². The molecule has 0 aliphatic carbocycles. The van der Waals surface area contributed by atoms with Crippen molar-refractivity contribution in [3.8, 4) is 22.6 Å². The number of ether oxygens (including phenoxy) is 3. The highest BCUT2D eigenvalue weighted by Crippen LogP contribution is 2.45. The van der Waals surface area contributed by atoms with Crippen molar-refractivity contribution in [3.63, 3.8) is 0 Å². The standard InChI is InChI=1S/C28H20N2O8S/c1-2-36-28(31)22-12-20-18-10-6-7-11-23(18)29(39(34,35)17-8-4-3-5-9-17)24(20)13-19(22)21-14-26-27(38-16-37-26)15-25(21)30(32)33/h3-15H,2,16H2,1H3. The highest BCUT2D eigenvalue weighted by atomic mass is 32.2. The minimum absolute atomic E-state index is 0.0475. The van der Waals surface area contributed by atoms with E-state index < -0.39 is 20.9 Å². The first-order chi connectivity index (χ1) is 18.8. The number of nitrogens with zero attached hydrogens (tertiary/aromatic N) is 2. The number of fused-ring (bicyclic) bond motifs is 4. The fourth-order valence-electron chi connectivity index (χ4n) is 4.84. The molecule has 2 heterocycles. The summed E-state index contributed by atoms with van der Waals surface area (Å²) in [6.45, 7) is 1.62. The van der Waals surface area contributed by atoms with E-state index in [2.05, 4.69) is 0 Å². The van der Waals surface area contributed by atoms with Gasteiger partial charge in [0.05, 0.1) is 44.7 Å². The molecule has 1 aliphatic heterocycles. The molecule has 0 saturated carbocycles. The number of nitro groups is 1. The summed E-state index contributed by atoms with van der Waals surface area (Å²) in [4.78, 5) is 24.8. The zero-order chi connectivity index (χ0) is 27.3. The van der Waals surface area contributed by atoms with Gasteiger partial charge in [0.15, 0.2) is 11.5 Å². The van der Waals surface area contributed by atoms with Crippen LogP contribution in [0.25, 0.3) is 32.9 Å². The van der Waals surface area contributed by atoms with Gasteiger partial charge in [0, 0.05) is 16.3 Å². The van der Waals surface area contributed by atoms with Crippen LogP contribution in [0.4, 0.5) is 5.69 Å². The molecule has 0 amide bonds. The summed E-state index contributed by atoms with van der Waals surface area (Å²) in [5, 5.41) is 13.2. The number of esters is 1. The van der Waals surface area contributed by atoms with Crippen molar-refractivity contribution < 1.29 is 32.3 Å². The van der Waals surface area contributed by atoms with Gasteiger partial charge >= 0.3 is 5.97 Å². The Morgan fingerprint density at radius 1 is 0.923 bits per heavy atom. The van der Waals surface area contributed by atoms with Crippen LogP contribution in [0.1, 0.15) is 17.3 Å². The first-order valence-corrected chi connectivity index (χ1v) is 13.4. The number of para-hydroxylation sites is 1. The van der Waals surface area contributed by atoms with Gasteiger partial charge in [0.2, 0.25) is 6.79 Å². The minimum atomic E-state index is -4.11. The number of hydrogen-bond acceptors (Lipinski definition) is 8. The lowest BCUT2D eigenvalue weighted by molar-refractivity contribution is -0.384. The van der Waals surface area contributed by atoms with Crippen LogP contribution in [0.3, 0.4) is 0 Å². The Balaban J connectivity index is 1.75. The van der Waals surface area contributed by atoms with Gasteiger partial charge in [0.25, 0.3) is 15.7 Å². The predicted octanol–water partition coefficient (Wildman–Crippen LogP) is 5.51. The van der Waals surface area contributed by atoms with E-state index in [1.807, 2.05) is 0 Å². The molecular weight excluding hydrogens is 524 g/mol. The van der Waals surface area contributed by atoms with Gasteiger partial charge in [0.1, 0.15) is 0 Å². The van der Waals surface area contributed by atoms with Crippen molar-refractivity contribution in [2.24, 2.45) is 0 Å². The molecule has 11 heteroatoms. The average Bonchev–Trinajstić information content (AvgIpc) is 3.54. The van der Waals surface area contributed by atoms with Crippen molar-refractivity contribution in [2.45, 2.75) is 11.8 Å². The molecule has 0 spiro atoms. The van der Waals surface area contributed by atoms with E-state index >= 15 is 0 Å². The molecule has 0 fully saturated rings. The zero-order valence-electron chi connectivity index (χ0n) is 20.5. The SMILES string of the molecule is CCOC(=O)c1cc2c3ccccc3n(S(=O)(=O)c3ccccc3)c2cc1-c1cc2c(cc1[N+](=O)[O-])OCO2. The second-order valence-corrected chi connectivity index (χ2v) is 10.5. The molecule has 196 valence electrons. The molecule has 4 aromatic carbocycles. The van der Waals surface area contributed by atoms with Crippen molar-refractivity contribution in [2.75, 3.05) is 13.4 Å². The summed E-state index contributed by atoms with van der Waals surface area (Å²) in [6.07, 6.45) is 0. The van der Waals surface area contributed by atoms with Crippen molar-refractivity contribution >= 4 is 43.5 Å². The third-order valence-corrected chi connectivity index (χ3v) is 8.26. The van der Waals surface area contributed by atoms with Crippen LogP contribution >= 0.6 is 0 Å². The van der Waals surface area contributed by atoms with E-state index in [4.69, 9.17) is 14.2 Å². The van der Waals surface area contributed by atoms with E-state index in [1.165, 1.54) is 40.4 Å². The zero-order valence-corrected chi connectivity index (χ0v) is 21.3. The Morgan fingerprint density at radius 2 is 1.62 bits per heavy atom. The summed E-state index contributed by atoms with van der Waals surface area (Å²) >= 11 is 0. The molecule has 10 nitrogen and oxygen atoms in total. The van der Waals surface area contributed by atoms with Gasteiger partial charge < -0.3 is 14.2 Å². The van der Waals surface area contributed by atoms with E-state index in [1.54, 1.807) is 49.4 Å². The van der Waals surface area contributed by atoms with E-state index in [9.17, 15) is 23.3 Å². The molecule has 0 radical (unpaired) electrons. The Labute approximate surface area is 222 Å². The van der Waals surface area contributed by atoms with Gasteiger partial charge in [-0.25, -0.2) is 17.2 Å². The number of nitro benzene ring substituents is 1. The third kappa shape index (κ3) is 3.86. The molecule has 1 aromatic heterocycles. The van der Waals surface area contributed by atoms with E-state index in [0.717, 1.165) is 0 Å². The number of benzene rings is 4. The third-order valence-electron chi connectivity index (χ3n) is 6.52. The normalized spacial score (nSPS) is 12.6. The molecule has 1 aliphatic rings.